The average molecular weight is 560 g/mol. The first-order valence-electron chi connectivity index (χ1n) is 12.6. The number of amides is 1. The van der Waals surface area contributed by atoms with Crippen molar-refractivity contribution in [3.63, 3.8) is 0 Å². The number of halogens is 1. The molecule has 3 heterocycles. The Bertz CT molecular complexity index is 1400. The number of carbonyl (C=O) groups is 1. The average Bonchev–Trinajstić information content (AvgIpc) is 3.63. The first kappa shape index (κ1) is 26.6. The van der Waals surface area contributed by atoms with Gasteiger partial charge in [-0.3, -0.25) is 9.69 Å². The normalized spacial score (nSPS) is 17.5. The van der Waals surface area contributed by atoms with Gasteiger partial charge >= 0.3 is 0 Å². The predicted octanol–water partition coefficient (Wildman–Crippen LogP) is 4.03. The van der Waals surface area contributed by atoms with Crippen LogP contribution in [0.3, 0.4) is 0 Å². The summed E-state index contributed by atoms with van der Waals surface area (Å²) >= 11 is 6.23. The minimum Gasteiger partial charge on any atom is -0.495 e. The maximum Gasteiger partial charge on any atom is 0.243 e. The Kier molecular flexibility index (Phi) is 7.98. The van der Waals surface area contributed by atoms with E-state index < -0.39 is 10.0 Å². The van der Waals surface area contributed by atoms with Crippen LogP contribution in [0.15, 0.2) is 51.9 Å². The van der Waals surface area contributed by atoms with Gasteiger partial charge in [0.25, 0.3) is 0 Å². The minimum absolute atomic E-state index is 0.154. The van der Waals surface area contributed by atoms with E-state index in [4.69, 9.17) is 20.9 Å². The first-order valence-corrected chi connectivity index (χ1v) is 14.5. The molecule has 202 valence electrons. The Labute approximate surface area is 227 Å². The Morgan fingerprint density at radius 2 is 1.87 bits per heavy atom. The molecule has 1 amide bonds. The summed E-state index contributed by atoms with van der Waals surface area (Å²) in [5.74, 6) is 0.988. The van der Waals surface area contributed by atoms with Crippen LogP contribution in [0.4, 0.5) is 5.69 Å². The third kappa shape index (κ3) is 5.70. The molecule has 2 aromatic carbocycles. The summed E-state index contributed by atoms with van der Waals surface area (Å²) < 4.78 is 38.3. The SMILES string of the molecule is COc1ccc(S(=O)(=O)N2CCCC2)cc1NC(=O)C1CCN(Cc2nc(-c3ccccc3Cl)no2)CC1. The van der Waals surface area contributed by atoms with Gasteiger partial charge in [0, 0.05) is 24.6 Å². The van der Waals surface area contributed by atoms with Gasteiger partial charge in [-0.25, -0.2) is 8.42 Å². The molecule has 1 N–H and O–H groups in total. The second-order valence-electron chi connectivity index (χ2n) is 9.50. The van der Waals surface area contributed by atoms with E-state index in [0.717, 1.165) is 12.8 Å². The van der Waals surface area contributed by atoms with Crippen LogP contribution in [0.5, 0.6) is 5.75 Å². The fourth-order valence-electron chi connectivity index (χ4n) is 4.87. The number of hydrogen-bond donors (Lipinski definition) is 1. The van der Waals surface area contributed by atoms with Gasteiger partial charge in [-0.1, -0.05) is 28.9 Å². The number of benzene rings is 2. The van der Waals surface area contributed by atoms with Crippen LogP contribution in [0.2, 0.25) is 5.02 Å². The topological polar surface area (TPSA) is 118 Å². The zero-order chi connectivity index (χ0) is 26.7. The van der Waals surface area contributed by atoms with Gasteiger partial charge in [0.2, 0.25) is 27.6 Å². The highest BCUT2D eigenvalue weighted by atomic mass is 35.5. The highest BCUT2D eigenvalue weighted by molar-refractivity contribution is 7.89. The summed E-state index contributed by atoms with van der Waals surface area (Å²) in [4.78, 5) is 19.9. The van der Waals surface area contributed by atoms with E-state index in [1.54, 1.807) is 12.1 Å². The quantitative estimate of drug-likeness (QED) is 0.439. The van der Waals surface area contributed by atoms with Crippen LogP contribution < -0.4 is 10.1 Å². The van der Waals surface area contributed by atoms with E-state index in [-0.39, 0.29) is 16.7 Å². The molecule has 0 aliphatic carbocycles. The third-order valence-corrected chi connectivity index (χ3v) is 9.26. The van der Waals surface area contributed by atoms with Crippen molar-refractivity contribution < 1.29 is 22.5 Å². The highest BCUT2D eigenvalue weighted by Crippen LogP contribution is 2.31. The molecule has 10 nitrogen and oxygen atoms in total. The number of ether oxygens (including phenoxy) is 1. The van der Waals surface area contributed by atoms with Crippen LogP contribution in [0.25, 0.3) is 11.4 Å². The zero-order valence-electron chi connectivity index (χ0n) is 21.1. The number of aromatic nitrogens is 2. The lowest BCUT2D eigenvalue weighted by atomic mass is 9.96. The lowest BCUT2D eigenvalue weighted by Crippen LogP contribution is -2.37. The molecule has 5 rings (SSSR count). The van der Waals surface area contributed by atoms with Crippen LogP contribution >= 0.6 is 11.6 Å². The lowest BCUT2D eigenvalue weighted by molar-refractivity contribution is -0.121. The molecule has 0 spiro atoms. The molecule has 1 aromatic heterocycles. The van der Waals surface area contributed by atoms with Crippen LogP contribution in [0, 0.1) is 5.92 Å². The number of anilines is 1. The standard InChI is InChI=1S/C26H30ClN5O5S/c1-36-23-9-8-19(38(34,35)32-12-4-5-13-32)16-22(23)28-26(33)18-10-14-31(15-11-18)17-24-29-25(30-37-24)20-6-2-3-7-21(20)27/h2-3,6-9,16,18H,4-5,10-15,17H2,1H3,(H,28,33). The number of methoxy groups -OCH3 is 1. The van der Waals surface area contributed by atoms with Crippen LogP contribution in [0.1, 0.15) is 31.6 Å². The molecule has 0 bridgehead atoms. The maximum absolute atomic E-state index is 13.1. The summed E-state index contributed by atoms with van der Waals surface area (Å²) in [6.45, 7) is 2.87. The minimum atomic E-state index is -3.61. The molecule has 2 saturated heterocycles. The molecule has 0 radical (unpaired) electrons. The van der Waals surface area contributed by atoms with Gasteiger partial charge in [-0.15, -0.1) is 0 Å². The van der Waals surface area contributed by atoms with Crippen molar-refractivity contribution >= 4 is 33.2 Å². The fraction of sp³-hybridized carbons (Fsp3) is 0.423. The van der Waals surface area contributed by atoms with E-state index in [0.29, 0.717) is 79.3 Å². The maximum atomic E-state index is 13.1. The molecule has 2 aliphatic rings. The molecule has 3 aromatic rings. The van der Waals surface area contributed by atoms with E-state index >= 15 is 0 Å². The number of likely N-dealkylation sites (tertiary alicyclic amines) is 1. The van der Waals surface area contributed by atoms with E-state index in [1.165, 1.54) is 23.5 Å². The Hall–Kier alpha value is -2.99. The van der Waals surface area contributed by atoms with Crippen molar-refractivity contribution in [2.45, 2.75) is 37.1 Å². The molecule has 0 atom stereocenters. The van der Waals surface area contributed by atoms with E-state index in [9.17, 15) is 13.2 Å². The first-order chi connectivity index (χ1) is 18.3. The number of sulfonamides is 1. The third-order valence-electron chi connectivity index (χ3n) is 7.03. The van der Waals surface area contributed by atoms with Crippen LogP contribution in [-0.2, 0) is 21.4 Å². The number of hydrogen-bond acceptors (Lipinski definition) is 8. The van der Waals surface area contributed by atoms with Gasteiger partial charge in [0.15, 0.2) is 0 Å². The summed E-state index contributed by atoms with van der Waals surface area (Å²) in [5, 5.41) is 7.51. The lowest BCUT2D eigenvalue weighted by Gasteiger charge is -2.30. The van der Waals surface area contributed by atoms with Crippen molar-refractivity contribution in [1.29, 1.82) is 0 Å². The van der Waals surface area contributed by atoms with Crippen molar-refractivity contribution in [1.82, 2.24) is 19.3 Å². The summed E-state index contributed by atoms with van der Waals surface area (Å²) in [5.41, 5.74) is 1.07. The van der Waals surface area contributed by atoms with Gasteiger partial charge in [0.05, 0.1) is 29.3 Å². The number of nitrogens with zero attached hydrogens (tertiary/aromatic N) is 4. The van der Waals surface area contributed by atoms with Crippen LogP contribution in [-0.4, -0.2) is 67.0 Å². The fourth-order valence-corrected chi connectivity index (χ4v) is 6.64. The van der Waals surface area contributed by atoms with Crippen molar-refractivity contribution in [2.24, 2.45) is 5.92 Å². The molecule has 2 aliphatic heterocycles. The van der Waals surface area contributed by atoms with E-state index in [1.807, 2.05) is 18.2 Å². The van der Waals surface area contributed by atoms with Crippen molar-refractivity contribution in [2.75, 3.05) is 38.6 Å². The number of rotatable bonds is 8. The molecule has 0 unspecified atom stereocenters. The van der Waals surface area contributed by atoms with Gasteiger partial charge < -0.3 is 14.6 Å². The summed E-state index contributed by atoms with van der Waals surface area (Å²) in [6.07, 6.45) is 3.00. The second kappa shape index (κ2) is 11.4. The number of piperidine rings is 1. The Morgan fingerprint density at radius 3 is 2.58 bits per heavy atom. The molecule has 0 saturated carbocycles. The van der Waals surface area contributed by atoms with Crippen molar-refractivity contribution in [3.8, 4) is 17.1 Å². The van der Waals surface area contributed by atoms with E-state index in [2.05, 4.69) is 20.4 Å². The van der Waals surface area contributed by atoms with Crippen molar-refractivity contribution in [3.05, 3.63) is 53.4 Å². The smallest absolute Gasteiger partial charge is 0.243 e. The molecular formula is C26H30ClN5O5S. The van der Waals surface area contributed by atoms with Gasteiger partial charge in [-0.05, 0) is 69.1 Å². The number of carbonyl (C=O) groups excluding carboxylic acids is 1. The van der Waals surface area contributed by atoms with Gasteiger partial charge in [0.1, 0.15) is 5.75 Å². The highest BCUT2D eigenvalue weighted by Gasteiger charge is 2.30. The zero-order valence-corrected chi connectivity index (χ0v) is 22.7. The monoisotopic (exact) mass is 559 g/mol. The molecule has 38 heavy (non-hydrogen) atoms. The van der Waals surface area contributed by atoms with Gasteiger partial charge in [-0.2, -0.15) is 9.29 Å². The Balaban J connectivity index is 1.19. The summed E-state index contributed by atoms with van der Waals surface area (Å²) in [7, 11) is -2.12. The number of nitrogens with one attached hydrogen (secondary N) is 1. The summed E-state index contributed by atoms with van der Waals surface area (Å²) in [6, 6.07) is 11.9. The molecular weight excluding hydrogens is 530 g/mol. The largest absolute Gasteiger partial charge is 0.495 e. The predicted molar refractivity (Wildman–Crippen MR) is 142 cm³/mol. The molecule has 2 fully saturated rings. The molecule has 12 heteroatoms. The second-order valence-corrected chi connectivity index (χ2v) is 11.8. The Morgan fingerprint density at radius 1 is 1.13 bits per heavy atom.